The number of hydrogen-bond donors (Lipinski definition) is 1. The van der Waals surface area contributed by atoms with Gasteiger partial charge in [-0.05, 0) is 43.0 Å². The van der Waals surface area contributed by atoms with Crippen LogP contribution in [0.4, 0.5) is 0 Å². The van der Waals surface area contributed by atoms with Crippen molar-refractivity contribution in [1.82, 2.24) is 5.32 Å². The van der Waals surface area contributed by atoms with Gasteiger partial charge in [-0.1, -0.05) is 18.6 Å². The Morgan fingerprint density at radius 3 is 3.13 bits per heavy atom. The molecule has 0 aliphatic carbocycles. The molecule has 0 radical (unpaired) electrons. The lowest BCUT2D eigenvalue weighted by molar-refractivity contribution is 0.413. The van der Waals surface area contributed by atoms with E-state index in [0.29, 0.717) is 5.92 Å². The Morgan fingerprint density at radius 2 is 2.27 bits per heavy atom. The van der Waals surface area contributed by atoms with E-state index >= 15 is 0 Å². The zero-order chi connectivity index (χ0) is 10.5. The summed E-state index contributed by atoms with van der Waals surface area (Å²) in [7, 11) is 1.73. The Morgan fingerprint density at radius 1 is 1.33 bits per heavy atom. The Balaban J connectivity index is 2.12. The molecule has 1 atom stereocenters. The van der Waals surface area contributed by atoms with Crippen LogP contribution >= 0.6 is 0 Å². The maximum absolute atomic E-state index is 5.26. The first-order valence-corrected chi connectivity index (χ1v) is 5.75. The van der Waals surface area contributed by atoms with Crippen molar-refractivity contribution in [1.29, 1.82) is 0 Å². The summed E-state index contributed by atoms with van der Waals surface area (Å²) in [6.45, 7) is 2.27. The minimum absolute atomic E-state index is 0.655. The van der Waals surface area contributed by atoms with Crippen LogP contribution in [0.2, 0.25) is 0 Å². The van der Waals surface area contributed by atoms with Crippen LogP contribution in [0.5, 0.6) is 5.75 Å². The Bertz CT molecular complexity index is 303. The lowest BCUT2D eigenvalue weighted by Crippen LogP contribution is -2.19. The van der Waals surface area contributed by atoms with Gasteiger partial charge in [0.15, 0.2) is 0 Å². The van der Waals surface area contributed by atoms with Crippen molar-refractivity contribution in [3.05, 3.63) is 29.8 Å². The molecule has 0 saturated carbocycles. The minimum Gasteiger partial charge on any atom is -0.497 e. The largest absolute Gasteiger partial charge is 0.497 e. The first kappa shape index (κ1) is 10.5. The van der Waals surface area contributed by atoms with Crippen molar-refractivity contribution < 1.29 is 4.74 Å². The van der Waals surface area contributed by atoms with Gasteiger partial charge in [-0.15, -0.1) is 0 Å². The fourth-order valence-electron chi connectivity index (χ4n) is 2.20. The smallest absolute Gasteiger partial charge is 0.119 e. The highest BCUT2D eigenvalue weighted by atomic mass is 16.5. The van der Waals surface area contributed by atoms with Gasteiger partial charge in [0.1, 0.15) is 5.75 Å². The van der Waals surface area contributed by atoms with Gasteiger partial charge in [-0.2, -0.15) is 0 Å². The lowest BCUT2D eigenvalue weighted by atomic mass is 9.94. The van der Waals surface area contributed by atoms with E-state index in [1.165, 1.54) is 31.4 Å². The van der Waals surface area contributed by atoms with E-state index in [4.69, 9.17) is 4.74 Å². The molecule has 82 valence electrons. The van der Waals surface area contributed by atoms with Crippen LogP contribution in [0.25, 0.3) is 0 Å². The maximum Gasteiger partial charge on any atom is 0.119 e. The molecule has 1 N–H and O–H groups in total. The summed E-state index contributed by atoms with van der Waals surface area (Å²) in [5, 5.41) is 3.49. The molecule has 2 rings (SSSR count). The summed E-state index contributed by atoms with van der Waals surface area (Å²) in [6.07, 6.45) is 3.93. The molecule has 1 aliphatic rings. The van der Waals surface area contributed by atoms with Crippen molar-refractivity contribution in [3.8, 4) is 5.75 Å². The maximum atomic E-state index is 5.26. The zero-order valence-electron chi connectivity index (χ0n) is 9.33. The molecule has 1 fully saturated rings. The number of rotatable bonds is 2. The normalized spacial score (nSPS) is 22.1. The van der Waals surface area contributed by atoms with Crippen LogP contribution < -0.4 is 10.1 Å². The molecule has 0 amide bonds. The zero-order valence-corrected chi connectivity index (χ0v) is 9.33. The number of methoxy groups -OCH3 is 1. The highest BCUT2D eigenvalue weighted by Gasteiger charge is 2.14. The van der Waals surface area contributed by atoms with Crippen molar-refractivity contribution in [2.75, 3.05) is 20.2 Å². The van der Waals surface area contributed by atoms with Gasteiger partial charge in [0.05, 0.1) is 7.11 Å². The van der Waals surface area contributed by atoms with Gasteiger partial charge < -0.3 is 10.1 Å². The van der Waals surface area contributed by atoms with Crippen molar-refractivity contribution in [2.24, 2.45) is 0 Å². The van der Waals surface area contributed by atoms with E-state index in [1.807, 2.05) is 6.07 Å². The van der Waals surface area contributed by atoms with Crippen molar-refractivity contribution in [2.45, 2.75) is 25.2 Å². The highest BCUT2D eigenvalue weighted by Crippen LogP contribution is 2.25. The van der Waals surface area contributed by atoms with Gasteiger partial charge in [0.25, 0.3) is 0 Å². The highest BCUT2D eigenvalue weighted by molar-refractivity contribution is 5.31. The first-order valence-electron chi connectivity index (χ1n) is 5.75. The lowest BCUT2D eigenvalue weighted by Gasteiger charge is -2.15. The standard InChI is InChI=1S/C13H19NO/c1-15-13-7-4-6-11(9-13)12-5-2-3-8-14-10-12/h4,6-7,9,12,14H,2-3,5,8,10H2,1H3/t12-/m0/s1. The minimum atomic E-state index is 0.655. The van der Waals surface area contributed by atoms with Crippen LogP contribution in [-0.2, 0) is 0 Å². The molecule has 1 aromatic rings. The van der Waals surface area contributed by atoms with Gasteiger partial charge in [0.2, 0.25) is 0 Å². The third-order valence-corrected chi connectivity index (χ3v) is 3.11. The molecule has 1 heterocycles. The second kappa shape index (κ2) is 5.17. The summed E-state index contributed by atoms with van der Waals surface area (Å²) in [5.41, 5.74) is 1.41. The molecule has 0 bridgehead atoms. The van der Waals surface area contributed by atoms with E-state index in [2.05, 4.69) is 23.5 Å². The molecule has 0 spiro atoms. The second-order valence-corrected chi connectivity index (χ2v) is 4.17. The molecule has 1 saturated heterocycles. The molecular weight excluding hydrogens is 186 g/mol. The quantitative estimate of drug-likeness (QED) is 0.801. The van der Waals surface area contributed by atoms with E-state index in [9.17, 15) is 0 Å². The monoisotopic (exact) mass is 205 g/mol. The fraction of sp³-hybridized carbons (Fsp3) is 0.538. The Kier molecular flexibility index (Phi) is 3.62. The van der Waals surface area contributed by atoms with Gasteiger partial charge >= 0.3 is 0 Å². The molecular formula is C13H19NO. The Hall–Kier alpha value is -1.02. The number of benzene rings is 1. The summed E-state index contributed by atoms with van der Waals surface area (Å²) < 4.78 is 5.26. The molecule has 15 heavy (non-hydrogen) atoms. The molecule has 2 nitrogen and oxygen atoms in total. The second-order valence-electron chi connectivity index (χ2n) is 4.17. The van der Waals surface area contributed by atoms with Crippen molar-refractivity contribution in [3.63, 3.8) is 0 Å². The van der Waals surface area contributed by atoms with E-state index in [1.54, 1.807) is 7.11 Å². The number of ether oxygens (including phenoxy) is 1. The van der Waals surface area contributed by atoms with Crippen LogP contribution in [-0.4, -0.2) is 20.2 Å². The summed E-state index contributed by atoms with van der Waals surface area (Å²) in [6, 6.07) is 8.46. The predicted molar refractivity (Wildman–Crippen MR) is 62.5 cm³/mol. The number of nitrogens with one attached hydrogen (secondary N) is 1. The summed E-state index contributed by atoms with van der Waals surface area (Å²) >= 11 is 0. The van der Waals surface area contributed by atoms with Crippen molar-refractivity contribution >= 4 is 0 Å². The average molecular weight is 205 g/mol. The average Bonchev–Trinajstić information content (AvgIpc) is 2.58. The third-order valence-electron chi connectivity index (χ3n) is 3.11. The SMILES string of the molecule is COc1cccc([C@H]2CCCCNC2)c1. The van der Waals surface area contributed by atoms with Crippen LogP contribution in [0.1, 0.15) is 30.7 Å². The van der Waals surface area contributed by atoms with Crippen LogP contribution in [0, 0.1) is 0 Å². The van der Waals surface area contributed by atoms with E-state index in [0.717, 1.165) is 12.3 Å². The van der Waals surface area contributed by atoms with E-state index < -0.39 is 0 Å². The first-order chi connectivity index (χ1) is 7.40. The third kappa shape index (κ3) is 2.72. The van der Waals surface area contributed by atoms with Crippen LogP contribution in [0.3, 0.4) is 0 Å². The van der Waals surface area contributed by atoms with Crippen LogP contribution in [0.15, 0.2) is 24.3 Å². The molecule has 0 aromatic heterocycles. The van der Waals surface area contributed by atoms with Gasteiger partial charge in [0, 0.05) is 6.54 Å². The Labute approximate surface area is 91.6 Å². The molecule has 0 unspecified atom stereocenters. The van der Waals surface area contributed by atoms with E-state index in [-0.39, 0.29) is 0 Å². The summed E-state index contributed by atoms with van der Waals surface area (Å²) in [5.74, 6) is 1.62. The molecule has 2 heteroatoms. The fourth-order valence-corrected chi connectivity index (χ4v) is 2.20. The number of hydrogen-bond acceptors (Lipinski definition) is 2. The molecule has 1 aromatic carbocycles. The topological polar surface area (TPSA) is 21.3 Å². The molecule has 1 aliphatic heterocycles. The summed E-state index contributed by atoms with van der Waals surface area (Å²) in [4.78, 5) is 0. The van der Waals surface area contributed by atoms with Gasteiger partial charge in [-0.3, -0.25) is 0 Å². The predicted octanol–water partition coefficient (Wildman–Crippen LogP) is 2.55. The van der Waals surface area contributed by atoms with Gasteiger partial charge in [-0.25, -0.2) is 0 Å².